The molecule has 1 N–H and O–H groups in total. The Balaban J connectivity index is 1.56. The quantitative estimate of drug-likeness (QED) is 0.734. The number of hydrogen-bond acceptors (Lipinski definition) is 4. The van der Waals surface area contributed by atoms with Crippen molar-refractivity contribution in [3.05, 3.63) is 65.5 Å². The summed E-state index contributed by atoms with van der Waals surface area (Å²) in [5.74, 6) is 0.948. The highest BCUT2D eigenvalue weighted by atomic mass is 16.5. The summed E-state index contributed by atoms with van der Waals surface area (Å²) < 4.78 is 5.25. The molecule has 5 nitrogen and oxygen atoms in total. The third-order valence-corrected chi connectivity index (χ3v) is 3.96. The van der Waals surface area contributed by atoms with Gasteiger partial charge in [0, 0.05) is 24.1 Å². The van der Waals surface area contributed by atoms with Crippen LogP contribution in [0.2, 0.25) is 0 Å². The maximum Gasteiger partial charge on any atom is 0.227 e. The standard InChI is InChI=1S/C20H21N3O2/c1-3-15-7-9-16(10-8-15)20-22-19(25-23-20)12-11-18(24)21-17-6-4-5-14(2)13-17/h4-10,13H,3,11-12H2,1-2H3,(H,21,24). The summed E-state index contributed by atoms with van der Waals surface area (Å²) in [6, 6.07) is 15.8. The summed E-state index contributed by atoms with van der Waals surface area (Å²) in [7, 11) is 0. The lowest BCUT2D eigenvalue weighted by atomic mass is 10.1. The fourth-order valence-corrected chi connectivity index (χ4v) is 2.53. The molecular weight excluding hydrogens is 314 g/mol. The van der Waals surface area contributed by atoms with Crippen molar-refractivity contribution in [3.8, 4) is 11.4 Å². The first-order chi connectivity index (χ1) is 12.1. The number of nitrogens with zero attached hydrogens (tertiary/aromatic N) is 2. The average molecular weight is 335 g/mol. The number of nitrogens with one attached hydrogen (secondary N) is 1. The molecule has 0 spiro atoms. The predicted octanol–water partition coefficient (Wildman–Crippen LogP) is 4.18. The Morgan fingerprint density at radius 2 is 1.96 bits per heavy atom. The largest absolute Gasteiger partial charge is 0.339 e. The molecule has 1 aromatic heterocycles. The Bertz CT molecular complexity index is 853. The van der Waals surface area contributed by atoms with Crippen molar-refractivity contribution in [1.82, 2.24) is 10.1 Å². The molecule has 0 saturated carbocycles. The van der Waals surface area contributed by atoms with Crippen molar-refractivity contribution in [2.75, 3.05) is 5.32 Å². The zero-order valence-electron chi connectivity index (χ0n) is 14.5. The number of carbonyl (C=O) groups is 1. The number of benzene rings is 2. The molecule has 0 aliphatic heterocycles. The minimum absolute atomic E-state index is 0.0716. The molecule has 0 radical (unpaired) electrons. The minimum Gasteiger partial charge on any atom is -0.339 e. The number of anilines is 1. The molecule has 0 unspecified atom stereocenters. The highest BCUT2D eigenvalue weighted by Gasteiger charge is 2.11. The predicted molar refractivity (Wildman–Crippen MR) is 97.2 cm³/mol. The molecule has 3 rings (SSSR count). The van der Waals surface area contributed by atoms with Gasteiger partial charge in [-0.05, 0) is 36.6 Å². The molecule has 0 saturated heterocycles. The first kappa shape index (κ1) is 16.9. The van der Waals surface area contributed by atoms with Gasteiger partial charge in [-0.2, -0.15) is 4.98 Å². The van der Waals surface area contributed by atoms with Crippen LogP contribution in [0.1, 0.15) is 30.4 Å². The molecule has 0 atom stereocenters. The number of aromatic nitrogens is 2. The van der Waals surface area contributed by atoms with Gasteiger partial charge in [-0.1, -0.05) is 48.5 Å². The highest BCUT2D eigenvalue weighted by Crippen LogP contribution is 2.17. The SMILES string of the molecule is CCc1ccc(-c2noc(CCC(=O)Nc3cccc(C)c3)n2)cc1. The number of hydrogen-bond donors (Lipinski definition) is 1. The van der Waals surface area contributed by atoms with Crippen LogP contribution in [0, 0.1) is 6.92 Å². The van der Waals surface area contributed by atoms with Gasteiger partial charge in [-0.3, -0.25) is 4.79 Å². The van der Waals surface area contributed by atoms with Crippen LogP contribution < -0.4 is 5.32 Å². The summed E-state index contributed by atoms with van der Waals surface area (Å²) in [5.41, 5.74) is 4.08. The summed E-state index contributed by atoms with van der Waals surface area (Å²) in [4.78, 5) is 16.4. The lowest BCUT2D eigenvalue weighted by molar-refractivity contribution is -0.116. The fourth-order valence-electron chi connectivity index (χ4n) is 2.53. The zero-order chi connectivity index (χ0) is 17.6. The lowest BCUT2D eigenvalue weighted by Gasteiger charge is -2.04. The van der Waals surface area contributed by atoms with Crippen molar-refractivity contribution in [1.29, 1.82) is 0 Å². The molecule has 0 aliphatic carbocycles. The number of amides is 1. The highest BCUT2D eigenvalue weighted by molar-refractivity contribution is 5.90. The monoisotopic (exact) mass is 335 g/mol. The second kappa shape index (κ2) is 7.75. The smallest absolute Gasteiger partial charge is 0.227 e. The van der Waals surface area contributed by atoms with Gasteiger partial charge in [0.2, 0.25) is 17.6 Å². The van der Waals surface area contributed by atoms with Crippen LogP contribution in [0.3, 0.4) is 0 Å². The first-order valence-corrected chi connectivity index (χ1v) is 8.42. The topological polar surface area (TPSA) is 68.0 Å². The molecule has 1 heterocycles. The van der Waals surface area contributed by atoms with E-state index >= 15 is 0 Å². The van der Waals surface area contributed by atoms with Crippen molar-refractivity contribution in [3.63, 3.8) is 0 Å². The van der Waals surface area contributed by atoms with E-state index in [2.05, 4.69) is 34.5 Å². The van der Waals surface area contributed by atoms with E-state index in [0.29, 0.717) is 24.6 Å². The molecule has 0 bridgehead atoms. The van der Waals surface area contributed by atoms with Gasteiger partial charge in [0.05, 0.1) is 0 Å². The van der Waals surface area contributed by atoms with Crippen LogP contribution >= 0.6 is 0 Å². The van der Waals surface area contributed by atoms with Gasteiger partial charge in [-0.25, -0.2) is 0 Å². The van der Waals surface area contributed by atoms with Crippen LogP contribution in [0.15, 0.2) is 53.1 Å². The third kappa shape index (κ3) is 4.53. The lowest BCUT2D eigenvalue weighted by Crippen LogP contribution is -2.12. The molecular formula is C20H21N3O2. The van der Waals surface area contributed by atoms with Gasteiger partial charge >= 0.3 is 0 Å². The van der Waals surface area contributed by atoms with Crippen LogP contribution in [0.5, 0.6) is 0 Å². The summed E-state index contributed by atoms with van der Waals surface area (Å²) >= 11 is 0. The van der Waals surface area contributed by atoms with E-state index in [-0.39, 0.29) is 5.91 Å². The van der Waals surface area contributed by atoms with Gasteiger partial charge in [0.1, 0.15) is 0 Å². The molecule has 5 heteroatoms. The average Bonchev–Trinajstić information content (AvgIpc) is 3.09. The molecule has 2 aromatic carbocycles. The van der Waals surface area contributed by atoms with Gasteiger partial charge in [0.25, 0.3) is 0 Å². The van der Waals surface area contributed by atoms with Crippen molar-refractivity contribution in [2.45, 2.75) is 33.1 Å². The Hall–Kier alpha value is -2.95. The van der Waals surface area contributed by atoms with E-state index < -0.39 is 0 Å². The van der Waals surface area contributed by atoms with Crippen LogP contribution in [-0.4, -0.2) is 16.0 Å². The Kier molecular flexibility index (Phi) is 5.23. The van der Waals surface area contributed by atoms with E-state index in [1.165, 1.54) is 5.56 Å². The zero-order valence-corrected chi connectivity index (χ0v) is 14.5. The van der Waals surface area contributed by atoms with E-state index in [4.69, 9.17) is 4.52 Å². The summed E-state index contributed by atoms with van der Waals surface area (Å²) in [5, 5.41) is 6.87. The number of rotatable bonds is 6. The van der Waals surface area contributed by atoms with Crippen molar-refractivity contribution >= 4 is 11.6 Å². The maximum atomic E-state index is 12.0. The van der Waals surface area contributed by atoms with Crippen molar-refractivity contribution in [2.24, 2.45) is 0 Å². The van der Waals surface area contributed by atoms with E-state index in [1.807, 2.05) is 43.3 Å². The summed E-state index contributed by atoms with van der Waals surface area (Å²) in [6.45, 7) is 4.10. The third-order valence-electron chi connectivity index (χ3n) is 3.96. The van der Waals surface area contributed by atoms with E-state index in [1.54, 1.807) is 0 Å². The summed E-state index contributed by atoms with van der Waals surface area (Å²) in [6.07, 6.45) is 1.70. The number of aryl methyl sites for hydroxylation is 3. The van der Waals surface area contributed by atoms with Gasteiger partial charge < -0.3 is 9.84 Å². The van der Waals surface area contributed by atoms with Gasteiger partial charge in [-0.15, -0.1) is 0 Å². The first-order valence-electron chi connectivity index (χ1n) is 8.42. The maximum absolute atomic E-state index is 12.0. The van der Waals surface area contributed by atoms with E-state index in [0.717, 1.165) is 23.2 Å². The second-order valence-corrected chi connectivity index (χ2v) is 5.98. The Morgan fingerprint density at radius 3 is 2.68 bits per heavy atom. The van der Waals surface area contributed by atoms with Gasteiger partial charge in [0.15, 0.2) is 0 Å². The number of carbonyl (C=O) groups excluding carboxylic acids is 1. The van der Waals surface area contributed by atoms with Crippen LogP contribution in [-0.2, 0) is 17.6 Å². The van der Waals surface area contributed by atoms with Crippen LogP contribution in [0.4, 0.5) is 5.69 Å². The molecule has 3 aromatic rings. The fraction of sp³-hybridized carbons (Fsp3) is 0.250. The van der Waals surface area contributed by atoms with Crippen LogP contribution in [0.25, 0.3) is 11.4 Å². The molecule has 0 aliphatic rings. The second-order valence-electron chi connectivity index (χ2n) is 5.98. The molecule has 128 valence electrons. The Labute approximate surface area is 147 Å². The van der Waals surface area contributed by atoms with E-state index in [9.17, 15) is 4.79 Å². The van der Waals surface area contributed by atoms with Crippen molar-refractivity contribution < 1.29 is 9.32 Å². The molecule has 25 heavy (non-hydrogen) atoms. The minimum atomic E-state index is -0.0716. The molecule has 1 amide bonds. The Morgan fingerprint density at radius 1 is 1.16 bits per heavy atom. The molecule has 0 fully saturated rings. The normalized spacial score (nSPS) is 10.6.